The SMILES string of the molecule is CC[N+]1(C)CCN(C2=CC(=O)c3ccccc3C2=O)CC1. The van der Waals surface area contributed by atoms with Crippen molar-refractivity contribution in [2.45, 2.75) is 6.92 Å². The van der Waals surface area contributed by atoms with Gasteiger partial charge in [-0.05, 0) is 6.92 Å². The molecule has 0 aromatic heterocycles. The number of allylic oxidation sites excluding steroid dienone is 2. The molecule has 0 unspecified atom stereocenters. The molecule has 0 atom stereocenters. The third kappa shape index (κ3) is 2.40. The summed E-state index contributed by atoms with van der Waals surface area (Å²) in [5.74, 6) is -0.0729. The summed E-state index contributed by atoms with van der Waals surface area (Å²) in [4.78, 5) is 26.9. The standard InChI is InChI=1S/C17H21N2O2/c1-3-19(2)10-8-18(9-11-19)15-12-16(20)13-6-4-5-7-14(13)17(15)21/h4-7,12H,3,8-11H2,1-2H3/q+1. The Bertz CT molecular complexity index is 625. The lowest BCUT2D eigenvalue weighted by Crippen LogP contribution is -2.57. The van der Waals surface area contributed by atoms with Crippen LogP contribution in [0.1, 0.15) is 27.6 Å². The van der Waals surface area contributed by atoms with E-state index >= 15 is 0 Å². The average Bonchev–Trinajstić information content (AvgIpc) is 2.52. The van der Waals surface area contributed by atoms with Gasteiger partial charge in [0.2, 0.25) is 5.78 Å². The van der Waals surface area contributed by atoms with Gasteiger partial charge < -0.3 is 9.38 Å². The lowest BCUT2D eigenvalue weighted by atomic mass is 9.92. The number of carbonyl (C=O) groups excluding carboxylic acids is 2. The van der Waals surface area contributed by atoms with E-state index in [0.29, 0.717) is 16.8 Å². The minimum atomic E-state index is -0.0569. The third-order valence-electron chi connectivity index (χ3n) is 4.86. The molecule has 0 bridgehead atoms. The van der Waals surface area contributed by atoms with Gasteiger partial charge in [0.25, 0.3) is 0 Å². The highest BCUT2D eigenvalue weighted by atomic mass is 16.1. The molecule has 21 heavy (non-hydrogen) atoms. The number of rotatable bonds is 2. The summed E-state index contributed by atoms with van der Waals surface area (Å²) < 4.78 is 1.03. The summed E-state index contributed by atoms with van der Waals surface area (Å²) in [7, 11) is 2.24. The lowest BCUT2D eigenvalue weighted by Gasteiger charge is -2.42. The zero-order chi connectivity index (χ0) is 15.0. The van der Waals surface area contributed by atoms with Gasteiger partial charge in [0.1, 0.15) is 0 Å². The van der Waals surface area contributed by atoms with Crippen LogP contribution in [-0.4, -0.2) is 60.7 Å². The smallest absolute Gasteiger partial charge is 0.209 e. The first kappa shape index (κ1) is 14.0. The Kier molecular flexibility index (Phi) is 3.41. The number of quaternary nitrogens is 1. The second-order valence-corrected chi connectivity index (χ2v) is 6.14. The van der Waals surface area contributed by atoms with Crippen LogP contribution in [0.3, 0.4) is 0 Å². The second-order valence-electron chi connectivity index (χ2n) is 6.14. The molecule has 1 aliphatic carbocycles. The molecule has 3 rings (SSSR count). The minimum absolute atomic E-state index is 0.0159. The van der Waals surface area contributed by atoms with Gasteiger partial charge in [-0.15, -0.1) is 0 Å². The first-order valence-corrected chi connectivity index (χ1v) is 7.52. The minimum Gasteiger partial charge on any atom is -0.357 e. The van der Waals surface area contributed by atoms with E-state index in [9.17, 15) is 9.59 Å². The lowest BCUT2D eigenvalue weighted by molar-refractivity contribution is -0.911. The highest BCUT2D eigenvalue weighted by Gasteiger charge is 2.33. The molecule has 4 nitrogen and oxygen atoms in total. The molecular formula is C17H21N2O2+. The first-order valence-electron chi connectivity index (χ1n) is 7.52. The Hall–Kier alpha value is -1.94. The molecule has 0 N–H and O–H groups in total. The Morgan fingerprint density at radius 1 is 1.10 bits per heavy atom. The number of carbonyl (C=O) groups is 2. The number of Topliss-reactive ketones (excluding diaryl/α,β-unsaturated/α-hetero) is 1. The average molecular weight is 285 g/mol. The van der Waals surface area contributed by atoms with E-state index < -0.39 is 0 Å². The number of hydrogen-bond acceptors (Lipinski definition) is 3. The zero-order valence-electron chi connectivity index (χ0n) is 12.6. The molecule has 110 valence electrons. The van der Waals surface area contributed by atoms with Crippen molar-refractivity contribution in [1.29, 1.82) is 0 Å². The molecule has 0 radical (unpaired) electrons. The molecule has 0 spiro atoms. The highest BCUT2D eigenvalue weighted by Crippen LogP contribution is 2.25. The quantitative estimate of drug-likeness (QED) is 0.777. The van der Waals surface area contributed by atoms with Gasteiger partial charge in [-0.3, -0.25) is 9.59 Å². The molecule has 1 aliphatic heterocycles. The van der Waals surface area contributed by atoms with E-state index in [1.54, 1.807) is 18.2 Å². The second kappa shape index (κ2) is 5.11. The van der Waals surface area contributed by atoms with E-state index in [2.05, 4.69) is 18.9 Å². The van der Waals surface area contributed by atoms with E-state index in [0.717, 1.165) is 37.2 Å². The maximum atomic E-state index is 12.6. The van der Waals surface area contributed by atoms with Crippen molar-refractivity contribution in [2.75, 3.05) is 39.8 Å². The fraction of sp³-hybridized carbons (Fsp3) is 0.412. The topological polar surface area (TPSA) is 37.4 Å². The highest BCUT2D eigenvalue weighted by molar-refractivity contribution is 6.24. The van der Waals surface area contributed by atoms with Crippen molar-refractivity contribution < 1.29 is 14.1 Å². The van der Waals surface area contributed by atoms with E-state index in [-0.39, 0.29) is 11.6 Å². The molecule has 4 heteroatoms. The Morgan fingerprint density at radius 2 is 1.71 bits per heavy atom. The number of likely N-dealkylation sites (N-methyl/N-ethyl adjacent to an activating group) is 1. The van der Waals surface area contributed by atoms with E-state index in [1.165, 1.54) is 6.08 Å². The van der Waals surface area contributed by atoms with Crippen LogP contribution in [0.25, 0.3) is 0 Å². The normalized spacial score (nSPS) is 21.0. The maximum absolute atomic E-state index is 12.6. The fourth-order valence-electron chi connectivity index (χ4n) is 3.04. The maximum Gasteiger partial charge on any atom is 0.209 e. The summed E-state index contributed by atoms with van der Waals surface area (Å²) in [6.07, 6.45) is 1.52. The van der Waals surface area contributed by atoms with E-state index in [1.807, 2.05) is 6.07 Å². The number of ketones is 2. The Morgan fingerprint density at radius 3 is 2.33 bits per heavy atom. The van der Waals surface area contributed by atoms with Crippen LogP contribution in [0, 0.1) is 0 Å². The number of piperazine rings is 1. The van der Waals surface area contributed by atoms with Crippen molar-refractivity contribution in [2.24, 2.45) is 0 Å². The van der Waals surface area contributed by atoms with Gasteiger partial charge in [-0.2, -0.15) is 0 Å². The third-order valence-corrected chi connectivity index (χ3v) is 4.86. The summed E-state index contributed by atoms with van der Waals surface area (Å²) in [5, 5.41) is 0. The van der Waals surface area contributed by atoms with Gasteiger partial charge in [0.05, 0.1) is 45.5 Å². The van der Waals surface area contributed by atoms with Crippen molar-refractivity contribution in [3.63, 3.8) is 0 Å². The van der Waals surface area contributed by atoms with Crippen molar-refractivity contribution >= 4 is 11.6 Å². The van der Waals surface area contributed by atoms with Crippen LogP contribution in [0.15, 0.2) is 36.0 Å². The molecule has 1 saturated heterocycles. The summed E-state index contributed by atoms with van der Waals surface area (Å²) in [6, 6.07) is 7.09. The van der Waals surface area contributed by atoms with Crippen LogP contribution in [0.2, 0.25) is 0 Å². The fourth-order valence-corrected chi connectivity index (χ4v) is 3.04. The number of hydrogen-bond donors (Lipinski definition) is 0. The van der Waals surface area contributed by atoms with E-state index in [4.69, 9.17) is 0 Å². The van der Waals surface area contributed by atoms with Crippen molar-refractivity contribution in [3.8, 4) is 0 Å². The van der Waals surface area contributed by atoms with Crippen molar-refractivity contribution in [1.82, 2.24) is 4.90 Å². The van der Waals surface area contributed by atoms with Gasteiger partial charge in [-0.25, -0.2) is 0 Å². The molecular weight excluding hydrogens is 264 g/mol. The monoisotopic (exact) mass is 285 g/mol. The van der Waals surface area contributed by atoms with Crippen LogP contribution in [0.4, 0.5) is 0 Å². The summed E-state index contributed by atoms with van der Waals surface area (Å²) >= 11 is 0. The molecule has 1 heterocycles. The predicted octanol–water partition coefficient (Wildman–Crippen LogP) is 1.73. The van der Waals surface area contributed by atoms with Crippen LogP contribution in [0.5, 0.6) is 0 Å². The molecule has 1 aromatic carbocycles. The predicted molar refractivity (Wildman–Crippen MR) is 81.2 cm³/mol. The van der Waals surface area contributed by atoms with Crippen LogP contribution < -0.4 is 0 Å². The Balaban J connectivity index is 1.85. The van der Waals surface area contributed by atoms with Gasteiger partial charge in [0, 0.05) is 17.2 Å². The zero-order valence-corrected chi connectivity index (χ0v) is 12.6. The number of nitrogens with zero attached hydrogens (tertiary/aromatic N) is 2. The summed E-state index contributed by atoms with van der Waals surface area (Å²) in [5.41, 5.74) is 1.64. The molecule has 1 fully saturated rings. The first-order chi connectivity index (χ1) is 10.0. The van der Waals surface area contributed by atoms with Gasteiger partial charge in [-0.1, -0.05) is 24.3 Å². The molecule has 0 amide bonds. The largest absolute Gasteiger partial charge is 0.357 e. The number of benzene rings is 1. The number of fused-ring (bicyclic) bond motifs is 1. The molecule has 1 aromatic rings. The van der Waals surface area contributed by atoms with Crippen molar-refractivity contribution in [3.05, 3.63) is 47.2 Å². The molecule has 0 saturated carbocycles. The van der Waals surface area contributed by atoms with Gasteiger partial charge >= 0.3 is 0 Å². The molecule has 2 aliphatic rings. The summed E-state index contributed by atoms with van der Waals surface area (Å²) in [6.45, 7) is 6.98. The van der Waals surface area contributed by atoms with Gasteiger partial charge in [0.15, 0.2) is 5.78 Å². The van der Waals surface area contributed by atoms with Crippen LogP contribution >= 0.6 is 0 Å². The Labute approximate surface area is 125 Å². The van der Waals surface area contributed by atoms with Crippen LogP contribution in [-0.2, 0) is 0 Å².